The molecule has 128 valence electrons. The first-order valence-corrected chi connectivity index (χ1v) is 8.10. The van der Waals surface area contributed by atoms with E-state index in [2.05, 4.69) is 4.98 Å². The second kappa shape index (κ2) is 6.75. The molecule has 3 rings (SSSR count). The summed E-state index contributed by atoms with van der Waals surface area (Å²) in [5, 5.41) is 9.99. The quantitative estimate of drug-likeness (QED) is 0.914. The van der Waals surface area contributed by atoms with Crippen LogP contribution < -0.4 is 0 Å². The molecule has 0 saturated carbocycles. The number of nitrogens with zero attached hydrogens (tertiary/aromatic N) is 3. The van der Waals surface area contributed by atoms with Gasteiger partial charge in [0, 0.05) is 32.4 Å². The number of ether oxygens (including phenoxy) is 1. The van der Waals surface area contributed by atoms with Crippen molar-refractivity contribution in [2.45, 2.75) is 18.9 Å². The number of hydrogen-bond acceptors (Lipinski definition) is 4. The van der Waals surface area contributed by atoms with E-state index in [1.807, 2.05) is 31.2 Å². The van der Waals surface area contributed by atoms with Gasteiger partial charge in [0.25, 0.3) is 5.91 Å². The lowest BCUT2D eigenvalue weighted by molar-refractivity contribution is -0.123. The van der Waals surface area contributed by atoms with E-state index in [1.54, 1.807) is 28.9 Å². The lowest BCUT2D eigenvalue weighted by Gasteiger charge is -2.42. The van der Waals surface area contributed by atoms with Gasteiger partial charge in [0.15, 0.2) is 5.82 Å². The Bertz CT molecular complexity index is 728. The highest BCUT2D eigenvalue weighted by Crippen LogP contribution is 2.25. The summed E-state index contributed by atoms with van der Waals surface area (Å²) in [5.41, 5.74) is 1.50. The van der Waals surface area contributed by atoms with Crippen molar-refractivity contribution in [2.75, 3.05) is 26.3 Å². The molecule has 2 heterocycles. The lowest BCUT2D eigenvalue weighted by atomic mass is 9.91. The summed E-state index contributed by atoms with van der Waals surface area (Å²) in [7, 11) is 1.80. The van der Waals surface area contributed by atoms with Crippen LogP contribution in [-0.4, -0.2) is 57.4 Å². The number of carbonyl (C=O) groups is 1. The first-order valence-electron chi connectivity index (χ1n) is 8.10. The van der Waals surface area contributed by atoms with Crippen molar-refractivity contribution in [3.05, 3.63) is 53.6 Å². The Labute approximate surface area is 141 Å². The highest BCUT2D eigenvalue weighted by atomic mass is 16.5. The highest BCUT2D eigenvalue weighted by Gasteiger charge is 2.39. The van der Waals surface area contributed by atoms with Gasteiger partial charge in [-0.05, 0) is 18.1 Å². The van der Waals surface area contributed by atoms with Crippen LogP contribution in [0.1, 0.15) is 21.7 Å². The molecule has 1 N–H and O–H groups in total. The summed E-state index contributed by atoms with van der Waals surface area (Å²) in [6.07, 6.45) is 3.93. The fraction of sp³-hybridized carbons (Fsp3) is 0.444. The number of hydrogen-bond donors (Lipinski definition) is 1. The predicted octanol–water partition coefficient (Wildman–Crippen LogP) is 1.17. The second-order valence-electron chi connectivity index (χ2n) is 6.38. The van der Waals surface area contributed by atoms with Crippen molar-refractivity contribution in [2.24, 2.45) is 7.05 Å². The number of morpholine rings is 1. The maximum absolute atomic E-state index is 12.7. The molecule has 1 aromatic heterocycles. The third-order valence-corrected chi connectivity index (χ3v) is 4.61. The van der Waals surface area contributed by atoms with E-state index >= 15 is 0 Å². The Balaban J connectivity index is 1.81. The maximum Gasteiger partial charge on any atom is 0.290 e. The molecule has 0 bridgehead atoms. The van der Waals surface area contributed by atoms with E-state index < -0.39 is 5.60 Å². The van der Waals surface area contributed by atoms with Crippen LogP contribution in [0.2, 0.25) is 0 Å². The zero-order chi connectivity index (χ0) is 17.2. The van der Waals surface area contributed by atoms with Gasteiger partial charge < -0.3 is 19.3 Å². The minimum Gasteiger partial charge on any atom is -0.393 e. The average molecular weight is 329 g/mol. The summed E-state index contributed by atoms with van der Waals surface area (Å²) in [6.45, 7) is 3.17. The van der Waals surface area contributed by atoms with E-state index in [1.165, 1.54) is 0 Å². The van der Waals surface area contributed by atoms with Crippen LogP contribution in [0, 0.1) is 6.92 Å². The minimum atomic E-state index is -0.773. The van der Waals surface area contributed by atoms with Crippen molar-refractivity contribution in [3.8, 4) is 0 Å². The molecule has 1 amide bonds. The Hall–Kier alpha value is -2.18. The van der Waals surface area contributed by atoms with E-state index in [9.17, 15) is 9.90 Å². The molecule has 6 heteroatoms. The van der Waals surface area contributed by atoms with Gasteiger partial charge >= 0.3 is 0 Å². The average Bonchev–Trinajstić information content (AvgIpc) is 3.02. The van der Waals surface area contributed by atoms with Gasteiger partial charge in [-0.1, -0.05) is 24.3 Å². The molecule has 6 nitrogen and oxygen atoms in total. The van der Waals surface area contributed by atoms with E-state index in [-0.39, 0.29) is 12.5 Å². The summed E-state index contributed by atoms with van der Waals surface area (Å²) in [6, 6.07) is 8.05. The lowest BCUT2D eigenvalue weighted by Crippen LogP contribution is -2.57. The van der Waals surface area contributed by atoms with Gasteiger partial charge in [-0.15, -0.1) is 0 Å². The Morgan fingerprint density at radius 2 is 2.21 bits per heavy atom. The predicted molar refractivity (Wildman–Crippen MR) is 89.8 cm³/mol. The van der Waals surface area contributed by atoms with Crippen molar-refractivity contribution in [1.29, 1.82) is 0 Å². The van der Waals surface area contributed by atoms with Gasteiger partial charge in [-0.3, -0.25) is 4.79 Å². The molecule has 2 aromatic rings. The van der Waals surface area contributed by atoms with Crippen LogP contribution in [0.5, 0.6) is 0 Å². The Kier molecular flexibility index (Phi) is 4.69. The monoisotopic (exact) mass is 329 g/mol. The molecule has 0 unspecified atom stereocenters. The summed E-state index contributed by atoms with van der Waals surface area (Å²) >= 11 is 0. The molecule has 1 saturated heterocycles. The number of benzene rings is 1. The van der Waals surface area contributed by atoms with Gasteiger partial charge in [0.05, 0.1) is 19.8 Å². The molecule has 0 radical (unpaired) electrons. The standard InChI is InChI=1S/C18H23N3O3/c1-14-5-3-4-6-15(14)11-18(13-22)12-21(9-10-24-18)17(23)16-19-7-8-20(16)2/h3-8,22H,9-13H2,1-2H3/t18-/m1/s1. The van der Waals surface area contributed by atoms with Crippen LogP contribution in [0.4, 0.5) is 0 Å². The largest absolute Gasteiger partial charge is 0.393 e. The smallest absolute Gasteiger partial charge is 0.290 e. The first-order chi connectivity index (χ1) is 11.5. The molecule has 1 aromatic carbocycles. The second-order valence-corrected chi connectivity index (χ2v) is 6.38. The third kappa shape index (κ3) is 3.20. The van der Waals surface area contributed by atoms with E-state index in [4.69, 9.17) is 4.74 Å². The number of aryl methyl sites for hydroxylation is 2. The zero-order valence-electron chi connectivity index (χ0n) is 14.1. The molecular formula is C18H23N3O3. The van der Waals surface area contributed by atoms with Crippen LogP contribution in [0.25, 0.3) is 0 Å². The topological polar surface area (TPSA) is 67.6 Å². The Morgan fingerprint density at radius 1 is 1.42 bits per heavy atom. The van der Waals surface area contributed by atoms with Gasteiger partial charge in [0.1, 0.15) is 5.60 Å². The number of aromatic nitrogens is 2. The van der Waals surface area contributed by atoms with Crippen LogP contribution in [0.3, 0.4) is 0 Å². The number of amides is 1. The fourth-order valence-corrected chi connectivity index (χ4v) is 3.15. The van der Waals surface area contributed by atoms with E-state index in [0.29, 0.717) is 31.9 Å². The normalized spacial score (nSPS) is 21.0. The van der Waals surface area contributed by atoms with Crippen molar-refractivity contribution >= 4 is 5.91 Å². The SMILES string of the molecule is Cc1ccccc1C[C@]1(CO)CN(C(=O)c2nccn2C)CCO1. The van der Waals surface area contributed by atoms with E-state index in [0.717, 1.165) is 11.1 Å². The summed E-state index contributed by atoms with van der Waals surface area (Å²) in [4.78, 5) is 18.6. The Morgan fingerprint density at radius 3 is 2.88 bits per heavy atom. The fourth-order valence-electron chi connectivity index (χ4n) is 3.15. The van der Waals surface area contributed by atoms with Crippen LogP contribution in [-0.2, 0) is 18.2 Å². The summed E-state index contributed by atoms with van der Waals surface area (Å²) in [5.74, 6) is 0.271. The highest BCUT2D eigenvalue weighted by molar-refractivity contribution is 5.91. The number of imidazole rings is 1. The van der Waals surface area contributed by atoms with Gasteiger partial charge in [-0.2, -0.15) is 0 Å². The first kappa shape index (κ1) is 16.7. The maximum atomic E-state index is 12.7. The third-order valence-electron chi connectivity index (χ3n) is 4.61. The van der Waals surface area contributed by atoms with Crippen LogP contribution in [0.15, 0.2) is 36.7 Å². The number of aliphatic hydroxyl groups excluding tert-OH is 1. The number of rotatable bonds is 4. The van der Waals surface area contributed by atoms with Crippen molar-refractivity contribution in [3.63, 3.8) is 0 Å². The number of carbonyl (C=O) groups excluding carboxylic acids is 1. The number of aliphatic hydroxyl groups is 1. The summed E-state index contributed by atoms with van der Waals surface area (Å²) < 4.78 is 7.64. The van der Waals surface area contributed by atoms with Gasteiger partial charge in [-0.25, -0.2) is 4.98 Å². The molecule has 0 spiro atoms. The molecule has 0 aliphatic carbocycles. The van der Waals surface area contributed by atoms with Crippen molar-refractivity contribution < 1.29 is 14.6 Å². The molecule has 1 aliphatic heterocycles. The van der Waals surface area contributed by atoms with Crippen molar-refractivity contribution in [1.82, 2.24) is 14.5 Å². The molecule has 1 fully saturated rings. The molecule has 24 heavy (non-hydrogen) atoms. The molecule has 1 atom stereocenters. The zero-order valence-corrected chi connectivity index (χ0v) is 14.1. The molecular weight excluding hydrogens is 306 g/mol. The molecule has 1 aliphatic rings. The van der Waals surface area contributed by atoms with Crippen LogP contribution >= 0.6 is 0 Å². The minimum absolute atomic E-state index is 0.131. The van der Waals surface area contributed by atoms with Gasteiger partial charge in [0.2, 0.25) is 0 Å².